The number of anilines is 1. The van der Waals surface area contributed by atoms with Gasteiger partial charge >= 0.3 is 0 Å². The maximum Gasteiger partial charge on any atom is 0.244 e. The summed E-state index contributed by atoms with van der Waals surface area (Å²) in [5, 5.41) is 12.7. The summed E-state index contributed by atoms with van der Waals surface area (Å²) in [6.45, 7) is 3.96. The molecule has 20 heavy (non-hydrogen) atoms. The third-order valence-electron chi connectivity index (χ3n) is 3.18. The quantitative estimate of drug-likeness (QED) is 0.679. The molecule has 0 saturated heterocycles. The van der Waals surface area contributed by atoms with Gasteiger partial charge in [-0.2, -0.15) is 5.26 Å². The van der Waals surface area contributed by atoms with Gasteiger partial charge in [0.1, 0.15) is 5.41 Å². The lowest BCUT2D eigenvalue weighted by molar-refractivity contribution is -0.123. The predicted octanol–water partition coefficient (Wildman–Crippen LogP) is 4.99. The lowest BCUT2D eigenvalue weighted by Crippen LogP contribution is -2.35. The van der Waals surface area contributed by atoms with E-state index in [9.17, 15) is 10.1 Å². The average Bonchev–Trinajstić information content (AvgIpc) is 2.41. The molecular formula is C15H18ClIN2O. The van der Waals surface area contributed by atoms with Gasteiger partial charge < -0.3 is 5.32 Å². The van der Waals surface area contributed by atoms with E-state index in [1.807, 2.05) is 19.9 Å². The second-order valence-electron chi connectivity index (χ2n) is 4.77. The molecule has 1 aromatic carbocycles. The molecule has 1 amide bonds. The molecule has 0 heterocycles. The van der Waals surface area contributed by atoms with E-state index >= 15 is 0 Å². The minimum atomic E-state index is -0.962. The summed E-state index contributed by atoms with van der Waals surface area (Å²) >= 11 is 8.28. The summed E-state index contributed by atoms with van der Waals surface area (Å²) in [5.74, 6) is -0.258. The predicted molar refractivity (Wildman–Crippen MR) is 90.7 cm³/mol. The Hall–Kier alpha value is -0.800. The SMILES string of the molecule is CCCC(C#N)(CCC)C(=O)Nc1ccc(I)cc1Cl. The van der Waals surface area contributed by atoms with E-state index in [4.69, 9.17) is 11.6 Å². The molecule has 1 rings (SSSR count). The van der Waals surface area contributed by atoms with Crippen LogP contribution in [0.5, 0.6) is 0 Å². The molecule has 3 nitrogen and oxygen atoms in total. The molecule has 0 aliphatic carbocycles. The van der Waals surface area contributed by atoms with Crippen molar-refractivity contribution >= 4 is 45.8 Å². The van der Waals surface area contributed by atoms with Crippen molar-refractivity contribution in [3.8, 4) is 6.07 Å². The first-order chi connectivity index (χ1) is 9.49. The van der Waals surface area contributed by atoms with Crippen molar-refractivity contribution in [1.29, 1.82) is 5.26 Å². The maximum absolute atomic E-state index is 12.5. The highest BCUT2D eigenvalue weighted by Gasteiger charge is 2.37. The van der Waals surface area contributed by atoms with Gasteiger partial charge in [-0.15, -0.1) is 0 Å². The first-order valence-corrected chi connectivity index (χ1v) is 8.12. The normalized spacial score (nSPS) is 10.9. The molecule has 0 spiro atoms. The number of benzene rings is 1. The van der Waals surface area contributed by atoms with E-state index in [2.05, 4.69) is 34.0 Å². The van der Waals surface area contributed by atoms with Gasteiger partial charge in [0.25, 0.3) is 0 Å². The lowest BCUT2D eigenvalue weighted by atomic mass is 9.79. The van der Waals surface area contributed by atoms with E-state index < -0.39 is 5.41 Å². The Labute approximate surface area is 138 Å². The van der Waals surface area contributed by atoms with Crippen molar-refractivity contribution in [3.05, 3.63) is 26.8 Å². The van der Waals surface area contributed by atoms with Crippen molar-refractivity contribution in [1.82, 2.24) is 0 Å². The topological polar surface area (TPSA) is 52.9 Å². The van der Waals surface area contributed by atoms with Crippen LogP contribution in [0.25, 0.3) is 0 Å². The fourth-order valence-electron chi connectivity index (χ4n) is 2.20. The minimum absolute atomic E-state index is 0.258. The van der Waals surface area contributed by atoms with E-state index in [-0.39, 0.29) is 5.91 Å². The van der Waals surface area contributed by atoms with Crippen LogP contribution in [-0.2, 0) is 4.79 Å². The van der Waals surface area contributed by atoms with Gasteiger partial charge in [0, 0.05) is 3.57 Å². The highest BCUT2D eigenvalue weighted by atomic mass is 127. The van der Waals surface area contributed by atoms with Gasteiger partial charge in [0.05, 0.1) is 16.8 Å². The fourth-order valence-corrected chi connectivity index (χ4v) is 3.10. The molecule has 0 unspecified atom stereocenters. The minimum Gasteiger partial charge on any atom is -0.323 e. The number of nitrogens with zero attached hydrogens (tertiary/aromatic N) is 1. The van der Waals surface area contributed by atoms with E-state index in [1.54, 1.807) is 12.1 Å². The molecule has 0 aliphatic heterocycles. The second kappa shape index (κ2) is 7.84. The molecule has 0 saturated carbocycles. The third kappa shape index (κ3) is 4.10. The largest absolute Gasteiger partial charge is 0.323 e. The van der Waals surface area contributed by atoms with Crippen LogP contribution in [0, 0.1) is 20.3 Å². The molecule has 1 N–H and O–H groups in total. The molecule has 0 aromatic heterocycles. The first-order valence-electron chi connectivity index (χ1n) is 6.67. The van der Waals surface area contributed by atoms with Crippen molar-refractivity contribution in [3.63, 3.8) is 0 Å². The van der Waals surface area contributed by atoms with E-state index in [0.717, 1.165) is 16.4 Å². The van der Waals surface area contributed by atoms with Gasteiger partial charge in [-0.25, -0.2) is 0 Å². The number of hydrogen-bond acceptors (Lipinski definition) is 2. The maximum atomic E-state index is 12.5. The number of carbonyl (C=O) groups excluding carboxylic acids is 1. The van der Waals surface area contributed by atoms with Gasteiger partial charge in [0.15, 0.2) is 0 Å². The van der Waals surface area contributed by atoms with Crippen LogP contribution in [0.3, 0.4) is 0 Å². The number of nitriles is 1. The molecule has 1 aromatic rings. The Morgan fingerprint density at radius 1 is 1.40 bits per heavy atom. The van der Waals surface area contributed by atoms with Crippen LogP contribution in [0.4, 0.5) is 5.69 Å². The number of carbonyl (C=O) groups is 1. The number of halogens is 2. The van der Waals surface area contributed by atoms with Crippen LogP contribution in [-0.4, -0.2) is 5.91 Å². The Bertz CT molecular complexity index is 519. The summed E-state index contributed by atoms with van der Waals surface area (Å²) in [7, 11) is 0. The summed E-state index contributed by atoms with van der Waals surface area (Å²) in [6, 6.07) is 7.63. The third-order valence-corrected chi connectivity index (χ3v) is 4.17. The Morgan fingerprint density at radius 2 is 2.00 bits per heavy atom. The molecule has 0 aliphatic rings. The first kappa shape index (κ1) is 17.3. The molecular weight excluding hydrogens is 387 g/mol. The van der Waals surface area contributed by atoms with Crippen molar-refractivity contribution in [2.24, 2.45) is 5.41 Å². The Balaban J connectivity index is 2.99. The molecule has 108 valence electrons. The zero-order chi connectivity index (χ0) is 15.2. The standard InChI is InChI=1S/C15H18ClIN2O/c1-3-7-15(10-18,8-4-2)14(20)19-13-6-5-11(17)9-12(13)16/h5-6,9H,3-4,7-8H2,1-2H3,(H,19,20). The van der Waals surface area contributed by atoms with Crippen molar-refractivity contribution < 1.29 is 4.79 Å². The van der Waals surface area contributed by atoms with E-state index in [1.165, 1.54) is 0 Å². The highest BCUT2D eigenvalue weighted by molar-refractivity contribution is 14.1. The zero-order valence-electron chi connectivity index (χ0n) is 11.7. The Kier molecular flexibility index (Phi) is 6.77. The number of rotatable bonds is 6. The monoisotopic (exact) mass is 404 g/mol. The molecule has 0 atom stereocenters. The summed E-state index contributed by atoms with van der Waals surface area (Å²) in [4.78, 5) is 12.5. The smallest absolute Gasteiger partial charge is 0.244 e. The zero-order valence-corrected chi connectivity index (χ0v) is 14.6. The van der Waals surface area contributed by atoms with Gasteiger partial charge in [-0.3, -0.25) is 4.79 Å². The van der Waals surface area contributed by atoms with Crippen LogP contribution in [0.1, 0.15) is 39.5 Å². The van der Waals surface area contributed by atoms with Gasteiger partial charge in [0.2, 0.25) is 5.91 Å². The van der Waals surface area contributed by atoms with Crippen LogP contribution in [0.2, 0.25) is 5.02 Å². The van der Waals surface area contributed by atoms with Crippen LogP contribution in [0.15, 0.2) is 18.2 Å². The molecule has 5 heteroatoms. The lowest BCUT2D eigenvalue weighted by Gasteiger charge is -2.24. The highest BCUT2D eigenvalue weighted by Crippen LogP contribution is 2.32. The summed E-state index contributed by atoms with van der Waals surface area (Å²) in [5.41, 5.74) is -0.403. The number of hydrogen-bond donors (Lipinski definition) is 1. The van der Waals surface area contributed by atoms with Gasteiger partial charge in [-0.05, 0) is 53.6 Å². The molecule has 0 radical (unpaired) electrons. The second-order valence-corrected chi connectivity index (χ2v) is 6.43. The van der Waals surface area contributed by atoms with E-state index in [0.29, 0.717) is 23.6 Å². The molecule has 0 fully saturated rings. The van der Waals surface area contributed by atoms with Crippen LogP contribution >= 0.6 is 34.2 Å². The fraction of sp³-hybridized carbons (Fsp3) is 0.467. The van der Waals surface area contributed by atoms with Crippen LogP contribution < -0.4 is 5.32 Å². The number of amides is 1. The summed E-state index contributed by atoms with van der Waals surface area (Å²) in [6.07, 6.45) is 2.71. The average molecular weight is 405 g/mol. The number of nitrogens with one attached hydrogen (secondary N) is 1. The Morgan fingerprint density at radius 3 is 2.45 bits per heavy atom. The molecule has 0 bridgehead atoms. The van der Waals surface area contributed by atoms with Crippen molar-refractivity contribution in [2.45, 2.75) is 39.5 Å². The van der Waals surface area contributed by atoms with Gasteiger partial charge in [-0.1, -0.05) is 38.3 Å². The van der Waals surface area contributed by atoms with Crippen molar-refractivity contribution in [2.75, 3.05) is 5.32 Å². The summed E-state index contributed by atoms with van der Waals surface area (Å²) < 4.78 is 0.999.